The highest BCUT2D eigenvalue weighted by molar-refractivity contribution is 5.15. The first-order chi connectivity index (χ1) is 8.34. The summed E-state index contributed by atoms with van der Waals surface area (Å²) in [4.78, 5) is 0. The van der Waals surface area contributed by atoms with Gasteiger partial charge in [0.15, 0.2) is 0 Å². The molecule has 0 radical (unpaired) electrons. The highest BCUT2D eigenvalue weighted by atomic mass is 16.5. The summed E-state index contributed by atoms with van der Waals surface area (Å²) in [5, 5.41) is 0. The predicted molar refractivity (Wildman–Crippen MR) is 69.8 cm³/mol. The Hall–Kier alpha value is -0.340. The van der Waals surface area contributed by atoms with Gasteiger partial charge in [0.25, 0.3) is 0 Å². The molecule has 2 saturated heterocycles. The molecule has 0 saturated carbocycles. The average Bonchev–Trinajstić information content (AvgIpc) is 2.89. The molecule has 0 spiro atoms. The fraction of sp³-hybridized carbons (Fsp3) is 0.867. The van der Waals surface area contributed by atoms with E-state index in [1.807, 2.05) is 0 Å². The lowest BCUT2D eigenvalue weighted by atomic mass is 9.79. The molecule has 96 valence electrons. The Kier molecular flexibility index (Phi) is 3.53. The van der Waals surface area contributed by atoms with Crippen LogP contribution in [-0.4, -0.2) is 18.2 Å². The van der Waals surface area contributed by atoms with Crippen molar-refractivity contribution in [3.63, 3.8) is 0 Å². The topological polar surface area (TPSA) is 35.2 Å². The van der Waals surface area contributed by atoms with Crippen molar-refractivity contribution in [3.8, 4) is 0 Å². The van der Waals surface area contributed by atoms with Gasteiger partial charge in [-0.15, -0.1) is 0 Å². The monoisotopic (exact) mass is 235 g/mol. The van der Waals surface area contributed by atoms with Crippen molar-refractivity contribution in [2.45, 2.75) is 76.0 Å². The Labute approximate surface area is 105 Å². The summed E-state index contributed by atoms with van der Waals surface area (Å²) in [5.74, 6) is 0.611. The first-order valence-electron chi connectivity index (χ1n) is 7.44. The van der Waals surface area contributed by atoms with Crippen LogP contribution in [0, 0.1) is 5.92 Å². The van der Waals surface area contributed by atoms with E-state index in [9.17, 15) is 0 Å². The third-order valence-corrected chi connectivity index (χ3v) is 4.87. The van der Waals surface area contributed by atoms with Gasteiger partial charge in [0.05, 0.1) is 12.2 Å². The largest absolute Gasteiger partial charge is 0.375 e. The fourth-order valence-corrected chi connectivity index (χ4v) is 3.85. The molecule has 0 aromatic carbocycles. The first-order valence-corrected chi connectivity index (χ1v) is 7.44. The minimum atomic E-state index is 0.281. The van der Waals surface area contributed by atoms with Gasteiger partial charge in [-0.05, 0) is 44.9 Å². The molecule has 2 heteroatoms. The second kappa shape index (κ2) is 5.11. The number of fused-ring (bicyclic) bond motifs is 2. The Balaban J connectivity index is 1.66. The smallest absolute Gasteiger partial charge is 0.0626 e. The number of allylic oxidation sites excluding steroid dienone is 1. The van der Waals surface area contributed by atoms with Crippen molar-refractivity contribution >= 4 is 0 Å². The Bertz CT molecular complexity index is 299. The fourth-order valence-electron chi connectivity index (χ4n) is 3.85. The lowest BCUT2D eigenvalue weighted by Gasteiger charge is -2.28. The number of hydrogen-bond acceptors (Lipinski definition) is 2. The molecule has 2 heterocycles. The van der Waals surface area contributed by atoms with Crippen LogP contribution in [0.3, 0.4) is 0 Å². The summed E-state index contributed by atoms with van der Waals surface area (Å²) in [6.45, 7) is 0. The van der Waals surface area contributed by atoms with E-state index in [4.69, 9.17) is 10.5 Å². The molecule has 2 N–H and O–H groups in total. The van der Waals surface area contributed by atoms with Crippen molar-refractivity contribution in [3.05, 3.63) is 11.6 Å². The van der Waals surface area contributed by atoms with Gasteiger partial charge in [0, 0.05) is 12.0 Å². The molecule has 0 aromatic rings. The molecular weight excluding hydrogens is 210 g/mol. The van der Waals surface area contributed by atoms with Gasteiger partial charge in [-0.3, -0.25) is 0 Å². The summed E-state index contributed by atoms with van der Waals surface area (Å²) in [6.07, 6.45) is 15.1. The molecule has 0 aromatic heterocycles. The van der Waals surface area contributed by atoms with E-state index in [0.29, 0.717) is 18.1 Å². The van der Waals surface area contributed by atoms with Gasteiger partial charge < -0.3 is 10.5 Å². The summed E-state index contributed by atoms with van der Waals surface area (Å²) in [5.41, 5.74) is 8.05. The maximum Gasteiger partial charge on any atom is 0.0626 e. The van der Waals surface area contributed by atoms with Gasteiger partial charge in [0.2, 0.25) is 0 Å². The lowest BCUT2D eigenvalue weighted by molar-refractivity contribution is 0.0901. The van der Waals surface area contributed by atoms with E-state index in [1.54, 1.807) is 0 Å². The highest BCUT2D eigenvalue weighted by Gasteiger charge is 2.43. The third-order valence-electron chi connectivity index (χ3n) is 4.87. The van der Waals surface area contributed by atoms with E-state index in [1.165, 1.54) is 63.4 Å². The third kappa shape index (κ3) is 2.43. The maximum atomic E-state index is 6.51. The Morgan fingerprint density at radius 3 is 2.82 bits per heavy atom. The van der Waals surface area contributed by atoms with Crippen molar-refractivity contribution in [1.82, 2.24) is 0 Å². The van der Waals surface area contributed by atoms with E-state index in [2.05, 4.69) is 6.08 Å². The SMILES string of the molecule is NC(C1=CCCCCCC1)C1CC2CCC1O2. The molecule has 3 rings (SSSR count). The molecule has 2 fully saturated rings. The van der Waals surface area contributed by atoms with Gasteiger partial charge in [-0.2, -0.15) is 0 Å². The van der Waals surface area contributed by atoms with Gasteiger partial charge >= 0.3 is 0 Å². The van der Waals surface area contributed by atoms with Crippen LogP contribution in [-0.2, 0) is 4.74 Å². The van der Waals surface area contributed by atoms with Crippen LogP contribution in [0.15, 0.2) is 11.6 Å². The number of nitrogens with two attached hydrogens (primary N) is 1. The maximum absolute atomic E-state index is 6.51. The second-order valence-corrected chi connectivity index (χ2v) is 6.03. The second-order valence-electron chi connectivity index (χ2n) is 6.03. The van der Waals surface area contributed by atoms with Crippen LogP contribution >= 0.6 is 0 Å². The van der Waals surface area contributed by atoms with Gasteiger partial charge in [-0.25, -0.2) is 0 Å². The van der Waals surface area contributed by atoms with Crippen molar-refractivity contribution < 1.29 is 4.74 Å². The molecule has 1 aliphatic carbocycles. The molecule has 3 aliphatic rings. The molecule has 4 atom stereocenters. The van der Waals surface area contributed by atoms with Crippen molar-refractivity contribution in [1.29, 1.82) is 0 Å². The molecule has 17 heavy (non-hydrogen) atoms. The zero-order valence-electron chi connectivity index (χ0n) is 10.7. The van der Waals surface area contributed by atoms with E-state index in [-0.39, 0.29) is 6.04 Å². The van der Waals surface area contributed by atoms with Crippen LogP contribution in [0.5, 0.6) is 0 Å². The predicted octanol–water partition coefficient (Wildman–Crippen LogP) is 3.16. The molecular formula is C15H25NO. The van der Waals surface area contributed by atoms with E-state index >= 15 is 0 Å². The molecule has 4 unspecified atom stereocenters. The minimum Gasteiger partial charge on any atom is -0.375 e. The van der Waals surface area contributed by atoms with Crippen LogP contribution in [0.25, 0.3) is 0 Å². The molecule has 0 amide bonds. The Morgan fingerprint density at radius 2 is 2.06 bits per heavy atom. The standard InChI is InChI=1S/C15H25NO/c16-15(11-6-4-2-1-3-5-7-11)13-10-12-8-9-14(13)17-12/h6,12-15H,1-5,7-10,16H2. The first kappa shape index (κ1) is 11.7. The van der Waals surface area contributed by atoms with Crippen LogP contribution in [0.1, 0.15) is 57.8 Å². The zero-order valence-corrected chi connectivity index (χ0v) is 10.7. The molecule has 2 aliphatic heterocycles. The quantitative estimate of drug-likeness (QED) is 0.746. The van der Waals surface area contributed by atoms with Gasteiger partial charge in [-0.1, -0.05) is 24.5 Å². The van der Waals surface area contributed by atoms with Crippen molar-refractivity contribution in [2.75, 3.05) is 0 Å². The lowest BCUT2D eigenvalue weighted by Crippen LogP contribution is -2.38. The van der Waals surface area contributed by atoms with Crippen molar-refractivity contribution in [2.24, 2.45) is 11.7 Å². The van der Waals surface area contributed by atoms with E-state index in [0.717, 1.165) is 0 Å². The zero-order chi connectivity index (χ0) is 11.7. The van der Waals surface area contributed by atoms with Gasteiger partial charge in [0.1, 0.15) is 0 Å². The molecule has 2 bridgehead atoms. The average molecular weight is 235 g/mol. The number of rotatable bonds is 2. The normalized spacial score (nSPS) is 39.6. The minimum absolute atomic E-state index is 0.281. The summed E-state index contributed by atoms with van der Waals surface area (Å²) in [7, 11) is 0. The summed E-state index contributed by atoms with van der Waals surface area (Å²) < 4.78 is 5.95. The number of hydrogen-bond donors (Lipinski definition) is 1. The summed E-state index contributed by atoms with van der Waals surface area (Å²) >= 11 is 0. The summed E-state index contributed by atoms with van der Waals surface area (Å²) in [6, 6.07) is 0.281. The number of ether oxygens (including phenoxy) is 1. The van der Waals surface area contributed by atoms with E-state index < -0.39 is 0 Å². The highest BCUT2D eigenvalue weighted by Crippen LogP contribution is 2.41. The van der Waals surface area contributed by atoms with Crippen LogP contribution in [0.2, 0.25) is 0 Å². The van der Waals surface area contributed by atoms with Crippen LogP contribution in [0.4, 0.5) is 0 Å². The molecule has 2 nitrogen and oxygen atoms in total. The Morgan fingerprint density at radius 1 is 1.18 bits per heavy atom. The van der Waals surface area contributed by atoms with Crippen LogP contribution < -0.4 is 5.73 Å².